The van der Waals surface area contributed by atoms with Crippen molar-refractivity contribution in [1.82, 2.24) is 15.1 Å². The molecule has 2 heterocycles. The number of nitrogens with one attached hydrogen (secondary N) is 1. The van der Waals surface area contributed by atoms with Crippen molar-refractivity contribution < 1.29 is 9.47 Å². The Labute approximate surface area is 197 Å². The Hall–Kier alpha value is -2.79. The van der Waals surface area contributed by atoms with Crippen molar-refractivity contribution in [3.05, 3.63) is 76.6 Å². The van der Waals surface area contributed by atoms with E-state index in [-0.39, 0.29) is 6.10 Å². The first-order valence-electron chi connectivity index (χ1n) is 12.3. The Kier molecular flexibility index (Phi) is 6.41. The highest BCUT2D eigenvalue weighted by molar-refractivity contribution is 5.42. The minimum Gasteiger partial charge on any atom is -0.490 e. The molecule has 1 aliphatic heterocycles. The summed E-state index contributed by atoms with van der Waals surface area (Å²) in [4.78, 5) is 0. The molecule has 1 saturated carbocycles. The normalized spacial score (nSPS) is 22.5. The molecule has 1 atom stereocenters. The second-order valence-electron chi connectivity index (χ2n) is 9.57. The third-order valence-corrected chi connectivity index (χ3v) is 7.35. The average Bonchev–Trinajstić information content (AvgIpc) is 3.09. The Morgan fingerprint density at radius 3 is 2.55 bits per heavy atom. The highest BCUT2D eigenvalue weighted by Gasteiger charge is 2.25. The van der Waals surface area contributed by atoms with E-state index < -0.39 is 0 Å². The first-order chi connectivity index (χ1) is 16.1. The summed E-state index contributed by atoms with van der Waals surface area (Å²) in [5, 5.41) is 8.28. The van der Waals surface area contributed by atoms with Crippen molar-refractivity contribution in [3.63, 3.8) is 0 Å². The summed E-state index contributed by atoms with van der Waals surface area (Å²) >= 11 is 0. The topological polar surface area (TPSA) is 48.3 Å². The van der Waals surface area contributed by atoms with Gasteiger partial charge in [0, 0.05) is 30.9 Å². The van der Waals surface area contributed by atoms with Crippen LogP contribution in [-0.2, 0) is 20.0 Å². The zero-order valence-electron chi connectivity index (χ0n) is 20.0. The molecule has 3 aromatic rings. The number of ether oxygens (including phenoxy) is 2. The van der Waals surface area contributed by atoms with E-state index >= 15 is 0 Å². The lowest BCUT2D eigenvalue weighted by Gasteiger charge is -2.30. The first kappa shape index (κ1) is 22.0. The van der Waals surface area contributed by atoms with E-state index in [4.69, 9.17) is 9.47 Å². The van der Waals surface area contributed by atoms with Gasteiger partial charge in [-0.1, -0.05) is 30.3 Å². The van der Waals surface area contributed by atoms with Crippen molar-refractivity contribution >= 4 is 0 Å². The molecule has 5 rings (SSSR count). The minimum atomic E-state index is 0.146. The van der Waals surface area contributed by atoms with E-state index in [1.807, 2.05) is 11.7 Å². The summed E-state index contributed by atoms with van der Waals surface area (Å²) < 4.78 is 14.7. The Balaban J connectivity index is 1.12. The summed E-state index contributed by atoms with van der Waals surface area (Å²) in [7, 11) is 2.02. The maximum absolute atomic E-state index is 6.39. The molecule has 0 amide bonds. The molecule has 2 aromatic carbocycles. The molecule has 174 valence electrons. The molecule has 5 nitrogen and oxygen atoms in total. The molecule has 5 heteroatoms. The zero-order valence-corrected chi connectivity index (χ0v) is 20.0. The van der Waals surface area contributed by atoms with E-state index in [0.717, 1.165) is 62.3 Å². The summed E-state index contributed by atoms with van der Waals surface area (Å²) in [6.45, 7) is 5.14. The van der Waals surface area contributed by atoms with Gasteiger partial charge in [-0.3, -0.25) is 4.68 Å². The fourth-order valence-corrected chi connectivity index (χ4v) is 5.24. The average molecular weight is 446 g/mol. The molecule has 0 radical (unpaired) electrons. The quantitative estimate of drug-likeness (QED) is 0.538. The van der Waals surface area contributed by atoms with Crippen LogP contribution >= 0.6 is 0 Å². The third kappa shape index (κ3) is 4.93. The van der Waals surface area contributed by atoms with Crippen molar-refractivity contribution in [2.24, 2.45) is 7.05 Å². The summed E-state index contributed by atoms with van der Waals surface area (Å²) in [6, 6.07) is 17.4. The maximum atomic E-state index is 6.39. The predicted octanol–water partition coefficient (Wildman–Crippen LogP) is 5.58. The van der Waals surface area contributed by atoms with Gasteiger partial charge < -0.3 is 14.8 Å². The van der Waals surface area contributed by atoms with Crippen LogP contribution in [0.15, 0.2) is 48.5 Å². The summed E-state index contributed by atoms with van der Waals surface area (Å²) in [6.07, 6.45) is 6.95. The molecule has 1 N–H and O–H groups in total. The van der Waals surface area contributed by atoms with Gasteiger partial charge in [0.1, 0.15) is 17.6 Å². The predicted molar refractivity (Wildman–Crippen MR) is 131 cm³/mol. The third-order valence-electron chi connectivity index (χ3n) is 7.35. The van der Waals surface area contributed by atoms with Crippen LogP contribution in [-0.4, -0.2) is 21.9 Å². The van der Waals surface area contributed by atoms with Gasteiger partial charge in [0.2, 0.25) is 0 Å². The van der Waals surface area contributed by atoms with E-state index in [9.17, 15) is 0 Å². The maximum Gasteiger partial charge on any atom is 0.124 e. The van der Waals surface area contributed by atoms with E-state index in [2.05, 4.69) is 72.8 Å². The van der Waals surface area contributed by atoms with Gasteiger partial charge in [-0.2, -0.15) is 5.10 Å². The van der Waals surface area contributed by atoms with Gasteiger partial charge >= 0.3 is 0 Å². The molecule has 0 spiro atoms. The second kappa shape index (κ2) is 9.60. The second-order valence-corrected chi connectivity index (χ2v) is 9.57. The number of hydrogen-bond donors (Lipinski definition) is 1. The molecule has 1 fully saturated rings. The van der Waals surface area contributed by atoms with Crippen molar-refractivity contribution in [2.45, 2.75) is 77.2 Å². The number of benzene rings is 2. The summed E-state index contributed by atoms with van der Waals surface area (Å²) in [5.41, 5.74) is 6.23. The first-order valence-corrected chi connectivity index (χ1v) is 12.3. The fourth-order valence-electron chi connectivity index (χ4n) is 5.24. The Morgan fingerprint density at radius 2 is 1.82 bits per heavy atom. The van der Waals surface area contributed by atoms with Crippen LogP contribution in [0.25, 0.3) is 0 Å². The van der Waals surface area contributed by atoms with E-state index in [1.165, 1.54) is 22.4 Å². The van der Waals surface area contributed by atoms with Crippen molar-refractivity contribution in [1.29, 1.82) is 0 Å². The molecule has 1 aliphatic carbocycles. The molecule has 0 bridgehead atoms. The highest BCUT2D eigenvalue weighted by Crippen LogP contribution is 2.37. The fraction of sp³-hybridized carbons (Fsp3) is 0.464. The minimum absolute atomic E-state index is 0.146. The van der Waals surface area contributed by atoms with Crippen LogP contribution in [0.1, 0.15) is 66.3 Å². The zero-order chi connectivity index (χ0) is 22.8. The van der Waals surface area contributed by atoms with Gasteiger partial charge in [-0.05, 0) is 81.7 Å². The van der Waals surface area contributed by atoms with Gasteiger partial charge in [0.15, 0.2) is 0 Å². The lowest BCUT2D eigenvalue weighted by Crippen LogP contribution is -2.36. The molecule has 2 aliphatic rings. The Morgan fingerprint density at radius 1 is 1.03 bits per heavy atom. The number of rotatable bonds is 6. The number of nitrogens with zero attached hydrogens (tertiary/aromatic N) is 2. The standard InChI is InChI=1S/C28H35N3O2/c1-19-26(20(2)31(3)30-19)18-29-23-10-12-24(13-11-23)32-25-14-16-28-22(17-25)9-15-27(33-28)21-7-5-4-6-8-21/h4-8,14,16-17,23-24,27,29H,9-13,15,18H2,1-3H3/t23-,24-,27?. The molecule has 1 unspecified atom stereocenters. The van der Waals surface area contributed by atoms with Crippen LogP contribution in [0.4, 0.5) is 0 Å². The molecule has 33 heavy (non-hydrogen) atoms. The van der Waals surface area contributed by atoms with Crippen molar-refractivity contribution in [3.8, 4) is 11.5 Å². The van der Waals surface area contributed by atoms with Gasteiger partial charge in [-0.25, -0.2) is 0 Å². The smallest absolute Gasteiger partial charge is 0.124 e. The van der Waals surface area contributed by atoms with Crippen LogP contribution in [0.2, 0.25) is 0 Å². The SMILES string of the molecule is Cc1nn(C)c(C)c1CN[C@H]1CC[C@H](Oc2ccc3c(c2)CCC(c2ccccc2)O3)CC1. The van der Waals surface area contributed by atoms with Gasteiger partial charge in [-0.15, -0.1) is 0 Å². The van der Waals surface area contributed by atoms with Crippen LogP contribution < -0.4 is 14.8 Å². The molecule has 0 saturated heterocycles. The molecular formula is C28H35N3O2. The largest absolute Gasteiger partial charge is 0.490 e. The van der Waals surface area contributed by atoms with E-state index in [1.54, 1.807) is 0 Å². The molecular weight excluding hydrogens is 410 g/mol. The lowest BCUT2D eigenvalue weighted by molar-refractivity contribution is 0.138. The Bertz CT molecular complexity index is 1080. The number of aryl methyl sites for hydroxylation is 3. The van der Waals surface area contributed by atoms with Crippen molar-refractivity contribution in [2.75, 3.05) is 0 Å². The monoisotopic (exact) mass is 445 g/mol. The van der Waals surface area contributed by atoms with Gasteiger partial charge in [0.25, 0.3) is 0 Å². The molecule has 1 aromatic heterocycles. The van der Waals surface area contributed by atoms with Crippen LogP contribution in [0, 0.1) is 13.8 Å². The van der Waals surface area contributed by atoms with Crippen LogP contribution in [0.5, 0.6) is 11.5 Å². The highest BCUT2D eigenvalue weighted by atomic mass is 16.5. The number of hydrogen-bond acceptors (Lipinski definition) is 4. The van der Waals surface area contributed by atoms with Gasteiger partial charge in [0.05, 0.1) is 11.8 Å². The lowest BCUT2D eigenvalue weighted by atomic mass is 9.92. The number of fused-ring (bicyclic) bond motifs is 1. The van der Waals surface area contributed by atoms with Crippen LogP contribution in [0.3, 0.4) is 0 Å². The van der Waals surface area contributed by atoms with E-state index in [0.29, 0.717) is 12.1 Å². The summed E-state index contributed by atoms with van der Waals surface area (Å²) in [5.74, 6) is 1.98. The number of aromatic nitrogens is 2.